The fourth-order valence-corrected chi connectivity index (χ4v) is 3.12. The van der Waals surface area contributed by atoms with Gasteiger partial charge in [-0.1, -0.05) is 19.1 Å². The highest BCUT2D eigenvalue weighted by Gasteiger charge is 2.36. The molecule has 0 saturated carbocycles. The molecule has 1 aliphatic heterocycles. The summed E-state index contributed by atoms with van der Waals surface area (Å²) in [5.41, 5.74) is -1.22. The maximum Gasteiger partial charge on any atom is 0.417 e. The Bertz CT molecular complexity index is 641. The summed E-state index contributed by atoms with van der Waals surface area (Å²) in [6.07, 6.45) is -3.87. The van der Waals surface area contributed by atoms with Crippen LogP contribution in [0.15, 0.2) is 24.3 Å². The Morgan fingerprint density at radius 1 is 1.15 bits per heavy atom. The van der Waals surface area contributed by atoms with Crippen molar-refractivity contribution in [1.29, 1.82) is 0 Å². The van der Waals surface area contributed by atoms with E-state index in [0.29, 0.717) is 39.1 Å². The van der Waals surface area contributed by atoms with E-state index in [1.807, 2.05) is 6.92 Å². The first-order valence-corrected chi connectivity index (χ1v) is 8.58. The molecule has 0 aromatic heterocycles. The minimum atomic E-state index is -4.56. The number of carboxylic acids is 1. The lowest BCUT2D eigenvalue weighted by Gasteiger charge is -2.36. The molecule has 1 amide bonds. The van der Waals surface area contributed by atoms with Crippen molar-refractivity contribution >= 4 is 11.9 Å². The van der Waals surface area contributed by atoms with E-state index < -0.39 is 23.6 Å². The third-order valence-electron chi connectivity index (χ3n) is 4.54. The van der Waals surface area contributed by atoms with Gasteiger partial charge in [0.05, 0.1) is 11.1 Å². The number of benzene rings is 1. The van der Waals surface area contributed by atoms with Crippen LogP contribution in [0.2, 0.25) is 0 Å². The van der Waals surface area contributed by atoms with Crippen molar-refractivity contribution < 1.29 is 27.9 Å². The molecule has 26 heavy (non-hydrogen) atoms. The van der Waals surface area contributed by atoms with E-state index in [9.17, 15) is 22.8 Å². The van der Waals surface area contributed by atoms with Crippen LogP contribution in [0.25, 0.3) is 0 Å². The van der Waals surface area contributed by atoms with Crippen LogP contribution in [0.1, 0.15) is 35.7 Å². The molecule has 0 spiro atoms. The molecule has 1 fully saturated rings. The van der Waals surface area contributed by atoms with Gasteiger partial charge in [0.1, 0.15) is 0 Å². The standard InChI is InChI=1S/C18H23F3N2O3/c1-13(6-7-16(24)25)12-22-8-10-23(11-9-22)17(26)14-4-2-3-5-15(14)18(19,20)21/h2-5,13H,6-12H2,1H3,(H,24,25). The number of piperazine rings is 1. The molecule has 144 valence electrons. The quantitative estimate of drug-likeness (QED) is 0.834. The molecule has 1 saturated heterocycles. The molecule has 0 bridgehead atoms. The van der Waals surface area contributed by atoms with Gasteiger partial charge in [0.15, 0.2) is 0 Å². The van der Waals surface area contributed by atoms with Gasteiger partial charge in [0, 0.05) is 39.1 Å². The largest absolute Gasteiger partial charge is 0.481 e. The number of carbonyl (C=O) groups excluding carboxylic acids is 1. The highest BCUT2D eigenvalue weighted by molar-refractivity contribution is 5.96. The van der Waals surface area contributed by atoms with Gasteiger partial charge in [-0.05, 0) is 24.5 Å². The van der Waals surface area contributed by atoms with Crippen LogP contribution in [0, 0.1) is 5.92 Å². The fraction of sp³-hybridized carbons (Fsp3) is 0.556. The topological polar surface area (TPSA) is 60.9 Å². The third-order valence-corrected chi connectivity index (χ3v) is 4.54. The smallest absolute Gasteiger partial charge is 0.417 e. The predicted molar refractivity (Wildman–Crippen MR) is 89.8 cm³/mol. The van der Waals surface area contributed by atoms with E-state index in [1.54, 1.807) is 0 Å². The molecule has 1 atom stereocenters. The highest BCUT2D eigenvalue weighted by atomic mass is 19.4. The Morgan fingerprint density at radius 2 is 1.77 bits per heavy atom. The Labute approximate surface area is 150 Å². The molecule has 1 aromatic rings. The maximum atomic E-state index is 13.1. The zero-order valence-corrected chi connectivity index (χ0v) is 14.6. The number of halogens is 3. The molecular weight excluding hydrogens is 349 g/mol. The molecule has 0 radical (unpaired) electrons. The minimum absolute atomic E-state index is 0.119. The van der Waals surface area contributed by atoms with Crippen LogP contribution >= 0.6 is 0 Å². The average molecular weight is 372 g/mol. The molecule has 1 aromatic carbocycles. The van der Waals surface area contributed by atoms with E-state index in [2.05, 4.69) is 4.90 Å². The van der Waals surface area contributed by atoms with Gasteiger partial charge >= 0.3 is 12.1 Å². The number of hydrogen-bond donors (Lipinski definition) is 1. The number of hydrogen-bond acceptors (Lipinski definition) is 3. The zero-order valence-electron chi connectivity index (χ0n) is 14.6. The molecule has 2 rings (SSSR count). The van der Waals surface area contributed by atoms with Gasteiger partial charge in [0.2, 0.25) is 0 Å². The summed E-state index contributed by atoms with van der Waals surface area (Å²) in [7, 11) is 0. The molecule has 1 heterocycles. The second-order valence-electron chi connectivity index (χ2n) is 6.67. The lowest BCUT2D eigenvalue weighted by atomic mass is 10.0. The molecule has 1 aliphatic rings. The Balaban J connectivity index is 1.92. The summed E-state index contributed by atoms with van der Waals surface area (Å²) >= 11 is 0. The van der Waals surface area contributed by atoms with Crippen molar-refractivity contribution in [3.05, 3.63) is 35.4 Å². The summed E-state index contributed by atoms with van der Waals surface area (Å²) in [6, 6.07) is 4.85. The van der Waals surface area contributed by atoms with E-state index in [0.717, 1.165) is 6.07 Å². The number of aliphatic carboxylic acids is 1. The number of nitrogens with zero attached hydrogens (tertiary/aromatic N) is 2. The zero-order chi connectivity index (χ0) is 19.3. The Morgan fingerprint density at radius 3 is 2.35 bits per heavy atom. The van der Waals surface area contributed by atoms with E-state index in [1.165, 1.54) is 23.1 Å². The number of rotatable bonds is 6. The van der Waals surface area contributed by atoms with Crippen molar-refractivity contribution in [2.45, 2.75) is 25.9 Å². The molecule has 8 heteroatoms. The third kappa shape index (κ3) is 5.45. The normalized spacial score (nSPS) is 17.2. The molecule has 5 nitrogen and oxygen atoms in total. The monoisotopic (exact) mass is 372 g/mol. The minimum Gasteiger partial charge on any atom is -0.481 e. The Hall–Kier alpha value is -2.09. The first-order chi connectivity index (χ1) is 12.2. The summed E-state index contributed by atoms with van der Waals surface area (Å²) in [5.74, 6) is -1.22. The van der Waals surface area contributed by atoms with Crippen molar-refractivity contribution in [1.82, 2.24) is 9.80 Å². The van der Waals surface area contributed by atoms with Gasteiger partial charge in [-0.2, -0.15) is 13.2 Å². The first kappa shape index (κ1) is 20.2. The number of amides is 1. The second-order valence-corrected chi connectivity index (χ2v) is 6.67. The van der Waals surface area contributed by atoms with Crippen molar-refractivity contribution in [2.24, 2.45) is 5.92 Å². The van der Waals surface area contributed by atoms with Crippen molar-refractivity contribution in [2.75, 3.05) is 32.7 Å². The summed E-state index contributed by atoms with van der Waals surface area (Å²) in [5, 5.41) is 8.71. The van der Waals surface area contributed by atoms with Gasteiger partial charge in [0.25, 0.3) is 5.91 Å². The lowest BCUT2D eigenvalue weighted by Crippen LogP contribution is -2.49. The highest BCUT2D eigenvalue weighted by Crippen LogP contribution is 2.32. The van der Waals surface area contributed by atoms with Gasteiger partial charge in [-0.15, -0.1) is 0 Å². The van der Waals surface area contributed by atoms with Crippen LogP contribution in [0.4, 0.5) is 13.2 Å². The van der Waals surface area contributed by atoms with E-state index >= 15 is 0 Å². The maximum absolute atomic E-state index is 13.1. The molecule has 1 unspecified atom stereocenters. The first-order valence-electron chi connectivity index (χ1n) is 8.58. The van der Waals surface area contributed by atoms with E-state index in [-0.39, 0.29) is 17.9 Å². The van der Waals surface area contributed by atoms with Crippen LogP contribution in [-0.2, 0) is 11.0 Å². The molecule has 0 aliphatic carbocycles. The molecule has 1 N–H and O–H groups in total. The van der Waals surface area contributed by atoms with Crippen LogP contribution in [-0.4, -0.2) is 59.5 Å². The number of carbonyl (C=O) groups is 2. The SMILES string of the molecule is CC(CCC(=O)O)CN1CCN(C(=O)c2ccccc2C(F)(F)F)CC1. The predicted octanol–water partition coefficient (Wildman–Crippen LogP) is 2.96. The van der Waals surface area contributed by atoms with Crippen LogP contribution in [0.5, 0.6) is 0 Å². The molecular formula is C18H23F3N2O3. The van der Waals surface area contributed by atoms with Gasteiger partial charge in [-0.3, -0.25) is 14.5 Å². The second kappa shape index (κ2) is 8.53. The summed E-state index contributed by atoms with van der Waals surface area (Å²) < 4.78 is 39.3. The average Bonchev–Trinajstić information content (AvgIpc) is 2.59. The van der Waals surface area contributed by atoms with E-state index in [4.69, 9.17) is 5.11 Å². The lowest BCUT2D eigenvalue weighted by molar-refractivity contribution is -0.138. The van der Waals surface area contributed by atoms with Crippen molar-refractivity contribution in [3.63, 3.8) is 0 Å². The number of carboxylic acid groups (broad SMARTS) is 1. The van der Waals surface area contributed by atoms with Crippen LogP contribution < -0.4 is 0 Å². The van der Waals surface area contributed by atoms with Gasteiger partial charge in [-0.25, -0.2) is 0 Å². The summed E-state index contributed by atoms with van der Waals surface area (Å²) in [6.45, 7) is 4.54. The van der Waals surface area contributed by atoms with Gasteiger partial charge < -0.3 is 10.0 Å². The van der Waals surface area contributed by atoms with Crippen molar-refractivity contribution in [3.8, 4) is 0 Å². The number of alkyl halides is 3. The van der Waals surface area contributed by atoms with Crippen LogP contribution in [0.3, 0.4) is 0 Å². The Kier molecular flexibility index (Phi) is 6.63. The summed E-state index contributed by atoms with van der Waals surface area (Å²) in [4.78, 5) is 26.7. The fourth-order valence-electron chi connectivity index (χ4n) is 3.12.